The van der Waals surface area contributed by atoms with Gasteiger partial charge in [0.1, 0.15) is 6.54 Å². The van der Waals surface area contributed by atoms with Crippen LogP contribution >= 0.6 is 0 Å². The first-order valence-electron chi connectivity index (χ1n) is 9.12. The fourth-order valence-electron chi connectivity index (χ4n) is 2.35. The van der Waals surface area contributed by atoms with E-state index < -0.39 is 0 Å². The average molecular weight is 371 g/mol. The maximum atomic E-state index is 11.9. The first-order chi connectivity index (χ1) is 12.8. The second kappa shape index (κ2) is 9.21. The van der Waals surface area contributed by atoms with Crippen molar-refractivity contribution in [3.05, 3.63) is 41.9 Å². The van der Waals surface area contributed by atoms with Crippen LogP contribution in [0.3, 0.4) is 0 Å². The SMILES string of the molecule is CCNC(=NCC(=O)NC(C)(C)C)NCc1ncc(-c2ccc(C)cc2)o1. The van der Waals surface area contributed by atoms with Gasteiger partial charge in [-0.1, -0.05) is 29.8 Å². The van der Waals surface area contributed by atoms with E-state index in [0.29, 0.717) is 24.9 Å². The summed E-state index contributed by atoms with van der Waals surface area (Å²) in [6.07, 6.45) is 1.71. The molecule has 0 unspecified atom stereocenters. The van der Waals surface area contributed by atoms with E-state index in [2.05, 4.69) is 25.9 Å². The number of carbonyl (C=O) groups is 1. The Morgan fingerprint density at radius 3 is 2.52 bits per heavy atom. The maximum absolute atomic E-state index is 11.9. The molecule has 0 atom stereocenters. The lowest BCUT2D eigenvalue weighted by molar-refractivity contribution is -0.121. The highest BCUT2D eigenvalue weighted by Gasteiger charge is 2.13. The minimum Gasteiger partial charge on any atom is -0.439 e. The zero-order valence-corrected chi connectivity index (χ0v) is 16.7. The Morgan fingerprint density at radius 1 is 1.19 bits per heavy atom. The second-order valence-electron chi connectivity index (χ2n) is 7.33. The zero-order chi connectivity index (χ0) is 19.9. The number of aryl methyl sites for hydroxylation is 1. The lowest BCUT2D eigenvalue weighted by Crippen LogP contribution is -2.43. The van der Waals surface area contributed by atoms with Crippen LogP contribution in [0.1, 0.15) is 39.1 Å². The van der Waals surface area contributed by atoms with Crippen LogP contribution < -0.4 is 16.0 Å². The van der Waals surface area contributed by atoms with Crippen molar-refractivity contribution in [2.24, 2.45) is 4.99 Å². The fourth-order valence-corrected chi connectivity index (χ4v) is 2.35. The van der Waals surface area contributed by atoms with Gasteiger partial charge in [0.25, 0.3) is 0 Å². The van der Waals surface area contributed by atoms with Crippen LogP contribution in [-0.4, -0.2) is 35.5 Å². The van der Waals surface area contributed by atoms with Crippen LogP contribution in [0.5, 0.6) is 0 Å². The average Bonchev–Trinajstić information content (AvgIpc) is 3.05. The number of hydrogen-bond donors (Lipinski definition) is 3. The Bertz CT molecular complexity index is 772. The summed E-state index contributed by atoms with van der Waals surface area (Å²) < 4.78 is 5.79. The van der Waals surface area contributed by atoms with Gasteiger partial charge < -0.3 is 20.4 Å². The van der Waals surface area contributed by atoms with Crippen molar-refractivity contribution < 1.29 is 9.21 Å². The number of nitrogens with zero attached hydrogens (tertiary/aromatic N) is 2. The molecule has 1 aromatic heterocycles. The highest BCUT2D eigenvalue weighted by molar-refractivity contribution is 5.85. The largest absolute Gasteiger partial charge is 0.439 e. The zero-order valence-electron chi connectivity index (χ0n) is 16.7. The van der Waals surface area contributed by atoms with Gasteiger partial charge in [-0.15, -0.1) is 0 Å². The van der Waals surface area contributed by atoms with Gasteiger partial charge in [0.05, 0.1) is 12.7 Å². The van der Waals surface area contributed by atoms with Crippen molar-refractivity contribution in [3.8, 4) is 11.3 Å². The Kier molecular flexibility index (Phi) is 6.98. The monoisotopic (exact) mass is 371 g/mol. The van der Waals surface area contributed by atoms with Gasteiger partial charge in [-0.2, -0.15) is 0 Å². The molecular weight excluding hydrogens is 342 g/mol. The fraction of sp³-hybridized carbons (Fsp3) is 0.450. The van der Waals surface area contributed by atoms with Crippen LogP contribution in [0.25, 0.3) is 11.3 Å². The van der Waals surface area contributed by atoms with E-state index in [-0.39, 0.29) is 18.0 Å². The number of aromatic nitrogens is 1. The van der Waals surface area contributed by atoms with E-state index in [0.717, 1.165) is 11.3 Å². The summed E-state index contributed by atoms with van der Waals surface area (Å²) in [5.41, 5.74) is 1.91. The van der Waals surface area contributed by atoms with E-state index >= 15 is 0 Å². The van der Waals surface area contributed by atoms with Crippen molar-refractivity contribution in [1.82, 2.24) is 20.9 Å². The Morgan fingerprint density at radius 2 is 1.89 bits per heavy atom. The third kappa shape index (κ3) is 7.13. The topological polar surface area (TPSA) is 91.5 Å². The summed E-state index contributed by atoms with van der Waals surface area (Å²) in [4.78, 5) is 20.5. The first-order valence-corrected chi connectivity index (χ1v) is 9.12. The molecule has 146 valence electrons. The second-order valence-corrected chi connectivity index (χ2v) is 7.33. The molecule has 2 aromatic rings. The molecule has 0 spiro atoms. The predicted octanol–water partition coefficient (Wildman–Crippen LogP) is 2.62. The molecule has 27 heavy (non-hydrogen) atoms. The molecule has 2 rings (SSSR count). The molecule has 1 amide bonds. The van der Waals surface area contributed by atoms with Gasteiger partial charge in [0.15, 0.2) is 11.7 Å². The van der Waals surface area contributed by atoms with Crippen LogP contribution in [0, 0.1) is 6.92 Å². The van der Waals surface area contributed by atoms with Crippen LogP contribution in [-0.2, 0) is 11.3 Å². The highest BCUT2D eigenvalue weighted by atomic mass is 16.4. The number of amides is 1. The van der Waals surface area contributed by atoms with Gasteiger partial charge in [-0.05, 0) is 34.6 Å². The standard InChI is InChI=1S/C20H29N5O2/c1-6-21-19(23-12-17(26)25-20(3,4)5)24-13-18-22-11-16(27-18)15-9-7-14(2)8-10-15/h7-11H,6,12-13H2,1-5H3,(H,25,26)(H2,21,23,24). The Hall–Kier alpha value is -2.83. The van der Waals surface area contributed by atoms with Crippen LogP contribution in [0.2, 0.25) is 0 Å². The summed E-state index contributed by atoms with van der Waals surface area (Å²) in [7, 11) is 0. The molecule has 0 radical (unpaired) electrons. The molecule has 0 bridgehead atoms. The Labute approximate surface area is 160 Å². The molecule has 7 heteroatoms. The maximum Gasteiger partial charge on any atom is 0.242 e. The number of hydrogen-bond acceptors (Lipinski definition) is 4. The minimum atomic E-state index is -0.275. The third-order valence-corrected chi connectivity index (χ3v) is 3.54. The number of rotatable bonds is 6. The van der Waals surface area contributed by atoms with E-state index in [4.69, 9.17) is 4.42 Å². The summed E-state index contributed by atoms with van der Waals surface area (Å²) in [5.74, 6) is 1.68. The molecular formula is C20H29N5O2. The number of guanidine groups is 1. The molecule has 0 aliphatic carbocycles. The van der Waals surface area contributed by atoms with Crippen molar-refractivity contribution >= 4 is 11.9 Å². The van der Waals surface area contributed by atoms with Gasteiger partial charge in [-0.25, -0.2) is 9.98 Å². The quantitative estimate of drug-likeness (QED) is 0.536. The van der Waals surface area contributed by atoms with Crippen molar-refractivity contribution in [2.45, 2.75) is 46.7 Å². The van der Waals surface area contributed by atoms with Crippen LogP contribution in [0.4, 0.5) is 0 Å². The molecule has 0 saturated heterocycles. The van der Waals surface area contributed by atoms with E-state index in [9.17, 15) is 4.79 Å². The number of aliphatic imine (C=N–C) groups is 1. The molecule has 1 heterocycles. The molecule has 3 N–H and O–H groups in total. The van der Waals surface area contributed by atoms with Gasteiger partial charge in [0, 0.05) is 17.6 Å². The van der Waals surface area contributed by atoms with Crippen molar-refractivity contribution in [3.63, 3.8) is 0 Å². The third-order valence-electron chi connectivity index (χ3n) is 3.54. The molecule has 7 nitrogen and oxygen atoms in total. The molecule has 0 aliphatic heterocycles. The normalized spacial score (nSPS) is 12.0. The van der Waals surface area contributed by atoms with Crippen molar-refractivity contribution in [1.29, 1.82) is 0 Å². The highest BCUT2D eigenvalue weighted by Crippen LogP contribution is 2.20. The van der Waals surface area contributed by atoms with Crippen LogP contribution in [0.15, 0.2) is 39.9 Å². The lowest BCUT2D eigenvalue weighted by Gasteiger charge is -2.20. The lowest BCUT2D eigenvalue weighted by atomic mass is 10.1. The van der Waals surface area contributed by atoms with E-state index in [1.165, 1.54) is 5.56 Å². The predicted molar refractivity (Wildman–Crippen MR) is 107 cm³/mol. The molecule has 0 saturated carbocycles. The summed E-state index contributed by atoms with van der Waals surface area (Å²) in [6, 6.07) is 8.08. The summed E-state index contributed by atoms with van der Waals surface area (Å²) in [6.45, 7) is 10.9. The van der Waals surface area contributed by atoms with Gasteiger partial charge in [0.2, 0.25) is 11.8 Å². The minimum absolute atomic E-state index is 0.0484. The van der Waals surface area contributed by atoms with E-state index in [1.54, 1.807) is 6.20 Å². The smallest absolute Gasteiger partial charge is 0.242 e. The Balaban J connectivity index is 1.94. The number of carbonyl (C=O) groups excluding carboxylic acids is 1. The first kappa shape index (κ1) is 20.5. The molecule has 0 aliphatic rings. The van der Waals surface area contributed by atoms with Gasteiger partial charge >= 0.3 is 0 Å². The van der Waals surface area contributed by atoms with E-state index in [1.807, 2.05) is 58.9 Å². The van der Waals surface area contributed by atoms with Crippen molar-refractivity contribution in [2.75, 3.05) is 13.1 Å². The molecule has 0 fully saturated rings. The number of nitrogens with one attached hydrogen (secondary N) is 3. The molecule has 1 aromatic carbocycles. The number of oxazole rings is 1. The number of benzene rings is 1. The van der Waals surface area contributed by atoms with Gasteiger partial charge in [-0.3, -0.25) is 4.79 Å². The summed E-state index contributed by atoms with van der Waals surface area (Å²) in [5, 5.41) is 9.12. The summed E-state index contributed by atoms with van der Waals surface area (Å²) >= 11 is 0.